The van der Waals surface area contributed by atoms with Crippen LogP contribution in [0.5, 0.6) is 0 Å². The second kappa shape index (κ2) is 11.7. The molecule has 1 heterocycles. The summed E-state index contributed by atoms with van der Waals surface area (Å²) in [6.45, 7) is 4.69. The van der Waals surface area contributed by atoms with E-state index in [0.717, 1.165) is 23.8 Å². The molecular weight excluding hydrogens is 469 g/mol. The Morgan fingerprint density at radius 2 is 1.86 bits per heavy atom. The van der Waals surface area contributed by atoms with Crippen molar-refractivity contribution in [1.29, 1.82) is 0 Å². The number of alkyl halides is 1. The Morgan fingerprint density at radius 3 is 2.47 bits per heavy atom. The van der Waals surface area contributed by atoms with Gasteiger partial charge in [0.2, 0.25) is 5.91 Å². The highest BCUT2D eigenvalue weighted by Crippen LogP contribution is 2.39. The van der Waals surface area contributed by atoms with Gasteiger partial charge in [-0.25, -0.2) is 18.2 Å². The van der Waals surface area contributed by atoms with E-state index in [0.29, 0.717) is 12.4 Å². The van der Waals surface area contributed by atoms with Crippen LogP contribution in [0.4, 0.5) is 13.2 Å². The lowest BCUT2D eigenvalue weighted by Crippen LogP contribution is -2.45. The van der Waals surface area contributed by atoms with Crippen LogP contribution in [-0.2, 0) is 11.3 Å². The Bertz CT molecular complexity index is 1160. The molecule has 3 rings (SSSR count). The molecule has 0 aliphatic heterocycles. The molecule has 0 fully saturated rings. The van der Waals surface area contributed by atoms with Gasteiger partial charge >= 0.3 is 0 Å². The molecular formula is C27H33F3N4O2. The Morgan fingerprint density at radius 1 is 1.17 bits per heavy atom. The van der Waals surface area contributed by atoms with Gasteiger partial charge in [-0.15, -0.1) is 0 Å². The Kier molecular flexibility index (Phi) is 8.92. The van der Waals surface area contributed by atoms with Gasteiger partial charge in [0.1, 0.15) is 30.7 Å². The minimum absolute atomic E-state index is 0.00444. The van der Waals surface area contributed by atoms with Crippen LogP contribution in [0.25, 0.3) is 11.3 Å². The number of nitrogens with zero attached hydrogens (tertiary/aromatic N) is 3. The van der Waals surface area contributed by atoms with Gasteiger partial charge in [0.05, 0.1) is 11.7 Å². The Balaban J connectivity index is 2.18. The second-order valence-electron chi connectivity index (χ2n) is 9.94. The number of aliphatic hydroxyl groups is 1. The molecule has 1 amide bonds. The van der Waals surface area contributed by atoms with Crippen molar-refractivity contribution < 1.29 is 23.1 Å². The predicted molar refractivity (Wildman–Crippen MR) is 133 cm³/mol. The molecule has 9 heteroatoms. The van der Waals surface area contributed by atoms with Crippen LogP contribution < -0.4 is 5.73 Å². The largest absolute Gasteiger partial charge is 0.387 e. The first-order chi connectivity index (χ1) is 17.0. The number of amides is 1. The number of nitrogens with two attached hydrogens (primary N) is 1. The van der Waals surface area contributed by atoms with Crippen molar-refractivity contribution in [2.75, 3.05) is 19.8 Å². The lowest BCUT2D eigenvalue weighted by Gasteiger charge is -2.40. The van der Waals surface area contributed by atoms with Crippen molar-refractivity contribution in [3.05, 3.63) is 77.8 Å². The molecule has 0 aliphatic rings. The number of aliphatic hydroxyl groups excluding tert-OH is 1. The third-order valence-corrected chi connectivity index (χ3v) is 5.98. The van der Waals surface area contributed by atoms with E-state index in [4.69, 9.17) is 10.7 Å². The number of rotatable bonds is 10. The van der Waals surface area contributed by atoms with Crippen molar-refractivity contribution in [2.45, 2.75) is 45.8 Å². The second-order valence-corrected chi connectivity index (χ2v) is 9.94. The summed E-state index contributed by atoms with van der Waals surface area (Å²) in [6, 6.07) is 11.2. The number of carbonyl (C=O) groups excluding carboxylic acids is 1. The van der Waals surface area contributed by atoms with Crippen LogP contribution in [0.3, 0.4) is 0 Å². The number of benzene rings is 2. The van der Waals surface area contributed by atoms with Crippen LogP contribution in [0.15, 0.2) is 54.7 Å². The minimum Gasteiger partial charge on any atom is -0.387 e. The molecule has 0 radical (unpaired) electrons. The maximum absolute atomic E-state index is 14.7. The first-order valence-corrected chi connectivity index (χ1v) is 11.8. The van der Waals surface area contributed by atoms with E-state index in [1.807, 2.05) is 51.1 Å². The molecule has 0 bridgehead atoms. The highest BCUT2D eigenvalue weighted by Gasteiger charge is 2.38. The summed E-state index contributed by atoms with van der Waals surface area (Å²) in [5.74, 6) is -1.36. The molecule has 3 aromatic rings. The quantitative estimate of drug-likeness (QED) is 0.429. The van der Waals surface area contributed by atoms with Gasteiger partial charge in [0, 0.05) is 30.9 Å². The SMILES string of the molecule is CC(C)(C)[C@H](c1nc(-c2cc(F)ccc2F)cn1Cc1ccccc1)N(CC[C@H](N)CF)C(=O)CO. The summed E-state index contributed by atoms with van der Waals surface area (Å²) in [5, 5.41) is 9.73. The van der Waals surface area contributed by atoms with Crippen LogP contribution >= 0.6 is 0 Å². The molecule has 0 saturated heterocycles. The summed E-state index contributed by atoms with van der Waals surface area (Å²) in [6.07, 6.45) is 1.81. The maximum atomic E-state index is 14.7. The number of imidazole rings is 1. The van der Waals surface area contributed by atoms with Crippen molar-refractivity contribution >= 4 is 5.91 Å². The zero-order valence-electron chi connectivity index (χ0n) is 20.8. The van der Waals surface area contributed by atoms with Crippen molar-refractivity contribution in [3.8, 4) is 11.3 Å². The fourth-order valence-electron chi connectivity index (χ4n) is 4.24. The van der Waals surface area contributed by atoms with E-state index in [1.165, 1.54) is 4.90 Å². The minimum atomic E-state index is -0.763. The van der Waals surface area contributed by atoms with Crippen molar-refractivity contribution in [3.63, 3.8) is 0 Å². The third-order valence-electron chi connectivity index (χ3n) is 5.98. The fraction of sp³-hybridized carbons (Fsp3) is 0.407. The predicted octanol–water partition coefficient (Wildman–Crippen LogP) is 4.47. The number of hydrogen-bond acceptors (Lipinski definition) is 4. The summed E-state index contributed by atoms with van der Waals surface area (Å²) in [7, 11) is 0. The summed E-state index contributed by atoms with van der Waals surface area (Å²) in [5.41, 5.74) is 6.33. The zero-order chi connectivity index (χ0) is 26.5. The first kappa shape index (κ1) is 27.4. The molecule has 2 atom stereocenters. The van der Waals surface area contributed by atoms with E-state index in [1.54, 1.807) is 10.8 Å². The van der Waals surface area contributed by atoms with Crippen LogP contribution in [0, 0.1) is 17.0 Å². The third kappa shape index (κ3) is 6.53. The number of halogens is 3. The molecule has 3 N–H and O–H groups in total. The van der Waals surface area contributed by atoms with E-state index in [-0.39, 0.29) is 24.2 Å². The maximum Gasteiger partial charge on any atom is 0.248 e. The average Bonchev–Trinajstić information content (AvgIpc) is 3.24. The summed E-state index contributed by atoms with van der Waals surface area (Å²) in [4.78, 5) is 19.1. The van der Waals surface area contributed by atoms with Gasteiger partial charge < -0.3 is 20.3 Å². The number of carbonyl (C=O) groups is 1. The van der Waals surface area contributed by atoms with Crippen molar-refractivity contribution in [2.24, 2.45) is 11.1 Å². The first-order valence-electron chi connectivity index (χ1n) is 11.8. The molecule has 0 saturated carbocycles. The smallest absolute Gasteiger partial charge is 0.248 e. The molecule has 0 unspecified atom stereocenters. The standard InChI is InChI=1S/C27H33F3N4O2/c1-27(2,3)25(34(24(36)17-35)12-11-20(31)14-28)26-32-23(21-13-19(29)9-10-22(21)30)16-33(26)15-18-7-5-4-6-8-18/h4-10,13,16,20,25,35H,11-12,14-15,17,31H2,1-3H3/t20-,25-/m0/s1. The topological polar surface area (TPSA) is 84.4 Å². The molecule has 0 spiro atoms. The normalized spacial score (nSPS) is 13.4. The van der Waals surface area contributed by atoms with Gasteiger partial charge in [0.15, 0.2) is 0 Å². The van der Waals surface area contributed by atoms with Gasteiger partial charge in [-0.1, -0.05) is 51.1 Å². The summed E-state index contributed by atoms with van der Waals surface area (Å²) < 4.78 is 43.6. The Labute approximate surface area is 209 Å². The molecule has 1 aromatic heterocycles. The number of hydrogen-bond donors (Lipinski definition) is 2. The molecule has 2 aromatic carbocycles. The Hall–Kier alpha value is -3.17. The lowest BCUT2D eigenvalue weighted by molar-refractivity contribution is -0.139. The molecule has 0 aliphatic carbocycles. The zero-order valence-corrected chi connectivity index (χ0v) is 20.8. The van der Waals surface area contributed by atoms with E-state index in [2.05, 4.69) is 0 Å². The van der Waals surface area contributed by atoms with E-state index in [9.17, 15) is 23.1 Å². The van der Waals surface area contributed by atoms with Gasteiger partial charge in [0.25, 0.3) is 0 Å². The van der Waals surface area contributed by atoms with E-state index >= 15 is 0 Å². The average molecular weight is 503 g/mol. The van der Waals surface area contributed by atoms with Gasteiger partial charge in [-0.3, -0.25) is 4.79 Å². The van der Waals surface area contributed by atoms with E-state index < -0.39 is 48.3 Å². The molecule has 6 nitrogen and oxygen atoms in total. The van der Waals surface area contributed by atoms with Gasteiger partial charge in [-0.2, -0.15) is 0 Å². The monoisotopic (exact) mass is 502 g/mol. The van der Waals surface area contributed by atoms with Gasteiger partial charge in [-0.05, 0) is 35.6 Å². The van der Waals surface area contributed by atoms with Crippen LogP contribution in [0.1, 0.15) is 44.6 Å². The summed E-state index contributed by atoms with van der Waals surface area (Å²) >= 11 is 0. The molecule has 36 heavy (non-hydrogen) atoms. The fourth-order valence-corrected chi connectivity index (χ4v) is 4.24. The lowest BCUT2D eigenvalue weighted by atomic mass is 9.84. The molecule has 194 valence electrons. The highest BCUT2D eigenvalue weighted by molar-refractivity contribution is 5.77. The number of aromatic nitrogens is 2. The van der Waals surface area contributed by atoms with Crippen molar-refractivity contribution in [1.82, 2.24) is 14.5 Å². The highest BCUT2D eigenvalue weighted by atomic mass is 19.1. The van der Waals surface area contributed by atoms with Crippen LogP contribution in [-0.4, -0.2) is 51.3 Å². The van der Waals surface area contributed by atoms with Crippen LogP contribution in [0.2, 0.25) is 0 Å².